The van der Waals surface area contributed by atoms with Crippen molar-refractivity contribution in [2.24, 2.45) is 0 Å². The molecule has 1 saturated heterocycles. The van der Waals surface area contributed by atoms with E-state index < -0.39 is 7.12 Å². The van der Waals surface area contributed by atoms with Gasteiger partial charge in [0.1, 0.15) is 0 Å². The van der Waals surface area contributed by atoms with Crippen LogP contribution in [0.2, 0.25) is 0 Å². The molecule has 0 radical (unpaired) electrons. The Labute approximate surface area is 150 Å². The lowest BCUT2D eigenvalue weighted by Gasteiger charge is -2.32. The van der Waals surface area contributed by atoms with Crippen LogP contribution in [0.4, 0.5) is 0 Å². The van der Waals surface area contributed by atoms with Gasteiger partial charge in [-0.25, -0.2) is 0 Å². The van der Waals surface area contributed by atoms with Crippen LogP contribution in [0, 0.1) is 0 Å². The Hall–Kier alpha value is -1.24. The van der Waals surface area contributed by atoms with Gasteiger partial charge in [-0.1, -0.05) is 18.2 Å². The number of benzene rings is 1. The van der Waals surface area contributed by atoms with Gasteiger partial charge in [-0.15, -0.1) is 0 Å². The summed E-state index contributed by atoms with van der Waals surface area (Å²) in [4.78, 5) is 13.7. The predicted octanol–water partition coefficient (Wildman–Crippen LogP) is 3.33. The van der Waals surface area contributed by atoms with Crippen LogP contribution in [0.3, 0.4) is 0 Å². The first-order chi connectivity index (χ1) is 11.1. The molecule has 130 valence electrons. The number of rotatable bonds is 4. The van der Waals surface area contributed by atoms with Crippen molar-refractivity contribution in [2.75, 3.05) is 19.8 Å². The SMILES string of the molecule is CN(C)C(=O)c1cccc(C=C(CS)B2OC(C)(C)C(C)(C)O2)c1. The minimum Gasteiger partial charge on any atom is -0.400 e. The molecule has 0 spiro atoms. The van der Waals surface area contributed by atoms with Crippen LogP contribution in [0.5, 0.6) is 0 Å². The molecule has 1 fully saturated rings. The van der Waals surface area contributed by atoms with E-state index in [2.05, 4.69) is 12.6 Å². The van der Waals surface area contributed by atoms with Crippen molar-refractivity contribution >= 4 is 31.7 Å². The maximum absolute atomic E-state index is 12.1. The minimum atomic E-state index is -0.430. The third-order valence-electron chi connectivity index (χ3n) is 4.63. The van der Waals surface area contributed by atoms with Gasteiger partial charge in [0.2, 0.25) is 0 Å². The Kier molecular flexibility index (Phi) is 5.52. The lowest BCUT2D eigenvalue weighted by atomic mass is 9.78. The van der Waals surface area contributed by atoms with E-state index in [0.29, 0.717) is 11.3 Å². The number of nitrogens with zero attached hydrogens (tertiary/aromatic N) is 1. The Balaban J connectivity index is 2.29. The summed E-state index contributed by atoms with van der Waals surface area (Å²) in [5.74, 6) is 0.496. The zero-order chi connectivity index (χ0) is 18.1. The van der Waals surface area contributed by atoms with E-state index in [1.165, 1.54) is 0 Å². The van der Waals surface area contributed by atoms with Gasteiger partial charge in [0.15, 0.2) is 0 Å². The predicted molar refractivity (Wildman–Crippen MR) is 102 cm³/mol. The average molecular weight is 347 g/mol. The molecule has 6 heteroatoms. The largest absolute Gasteiger partial charge is 0.491 e. The quantitative estimate of drug-likeness (QED) is 0.671. The summed E-state index contributed by atoms with van der Waals surface area (Å²) < 4.78 is 12.2. The van der Waals surface area contributed by atoms with Gasteiger partial charge < -0.3 is 14.2 Å². The van der Waals surface area contributed by atoms with Crippen LogP contribution in [-0.4, -0.2) is 49.0 Å². The van der Waals surface area contributed by atoms with Crippen LogP contribution in [0.15, 0.2) is 29.7 Å². The molecule has 1 aromatic rings. The number of carbonyl (C=O) groups excluding carboxylic acids is 1. The normalized spacial score (nSPS) is 19.5. The third kappa shape index (κ3) is 3.87. The third-order valence-corrected chi connectivity index (χ3v) is 5.00. The number of carbonyl (C=O) groups is 1. The highest BCUT2D eigenvalue weighted by Gasteiger charge is 2.52. The molecule has 0 atom stereocenters. The van der Waals surface area contributed by atoms with Crippen molar-refractivity contribution in [1.29, 1.82) is 0 Å². The number of thiol groups is 1. The second-order valence-electron chi connectivity index (χ2n) is 7.29. The van der Waals surface area contributed by atoms with E-state index in [-0.39, 0.29) is 17.1 Å². The molecule has 4 nitrogen and oxygen atoms in total. The molecule has 0 saturated carbocycles. The summed E-state index contributed by atoms with van der Waals surface area (Å²) in [5, 5.41) is 0. The molecule has 2 rings (SSSR count). The van der Waals surface area contributed by atoms with Gasteiger partial charge >= 0.3 is 7.12 Å². The molecule has 0 N–H and O–H groups in total. The maximum Gasteiger partial charge on any atom is 0.491 e. The van der Waals surface area contributed by atoms with Crippen LogP contribution < -0.4 is 0 Å². The minimum absolute atomic E-state index is 0.0201. The molecule has 0 aliphatic carbocycles. The fraction of sp³-hybridized carbons (Fsp3) is 0.500. The van der Waals surface area contributed by atoms with Crippen LogP contribution in [0.25, 0.3) is 6.08 Å². The van der Waals surface area contributed by atoms with Gasteiger partial charge in [0.25, 0.3) is 5.91 Å². The lowest BCUT2D eigenvalue weighted by molar-refractivity contribution is 0.00578. The molecule has 0 bridgehead atoms. The molecule has 1 aliphatic heterocycles. The van der Waals surface area contributed by atoms with Crippen molar-refractivity contribution in [3.63, 3.8) is 0 Å². The standard InChI is InChI=1S/C18H26BNO3S/c1-17(2)18(3,4)23-19(22-17)15(12-24)11-13-8-7-9-14(10-13)16(21)20(5)6/h7-11,24H,12H2,1-6H3. The summed E-state index contributed by atoms with van der Waals surface area (Å²) in [6.07, 6.45) is 1.99. The molecule has 0 unspecified atom stereocenters. The molecule has 1 aromatic carbocycles. The maximum atomic E-state index is 12.1. The van der Waals surface area contributed by atoms with Crippen molar-refractivity contribution in [3.05, 3.63) is 40.9 Å². The molecular weight excluding hydrogens is 321 g/mol. The Morgan fingerprint density at radius 1 is 1.21 bits per heavy atom. The summed E-state index contributed by atoms with van der Waals surface area (Å²) in [5.41, 5.74) is 1.75. The molecule has 1 heterocycles. The first-order valence-electron chi connectivity index (χ1n) is 8.06. The first-order valence-corrected chi connectivity index (χ1v) is 8.69. The smallest absolute Gasteiger partial charge is 0.400 e. The van der Waals surface area contributed by atoms with E-state index >= 15 is 0 Å². The van der Waals surface area contributed by atoms with Gasteiger partial charge in [-0.05, 0) is 50.9 Å². The summed E-state index contributed by atoms with van der Waals surface area (Å²) in [6, 6.07) is 7.52. The van der Waals surface area contributed by atoms with Crippen molar-refractivity contribution < 1.29 is 14.1 Å². The monoisotopic (exact) mass is 347 g/mol. The highest BCUT2D eigenvalue weighted by molar-refractivity contribution is 7.80. The van der Waals surface area contributed by atoms with E-state index in [1.54, 1.807) is 19.0 Å². The second kappa shape index (κ2) is 6.94. The van der Waals surface area contributed by atoms with E-state index in [1.807, 2.05) is 58.0 Å². The highest BCUT2D eigenvalue weighted by atomic mass is 32.1. The summed E-state index contributed by atoms with van der Waals surface area (Å²) in [7, 11) is 3.06. The molecule has 1 amide bonds. The van der Waals surface area contributed by atoms with Crippen LogP contribution in [-0.2, 0) is 9.31 Å². The first kappa shape index (κ1) is 19.1. The summed E-state index contributed by atoms with van der Waals surface area (Å²) >= 11 is 4.43. The zero-order valence-corrected chi connectivity index (χ0v) is 16.2. The molecule has 0 aromatic heterocycles. The van der Waals surface area contributed by atoms with Gasteiger partial charge in [0.05, 0.1) is 11.2 Å². The lowest BCUT2D eigenvalue weighted by Crippen LogP contribution is -2.41. The molecular formula is C18H26BNO3S. The van der Waals surface area contributed by atoms with Crippen LogP contribution >= 0.6 is 12.6 Å². The molecule has 1 aliphatic rings. The molecule has 24 heavy (non-hydrogen) atoms. The fourth-order valence-corrected chi connectivity index (χ4v) is 2.66. The van der Waals surface area contributed by atoms with Crippen molar-refractivity contribution in [3.8, 4) is 0 Å². The topological polar surface area (TPSA) is 38.8 Å². The van der Waals surface area contributed by atoms with Crippen LogP contribution in [0.1, 0.15) is 43.6 Å². The number of hydrogen-bond donors (Lipinski definition) is 1. The van der Waals surface area contributed by atoms with E-state index in [9.17, 15) is 4.79 Å². The Bertz CT molecular complexity index is 639. The van der Waals surface area contributed by atoms with Gasteiger partial charge in [0, 0.05) is 25.4 Å². The van der Waals surface area contributed by atoms with E-state index in [0.717, 1.165) is 11.0 Å². The summed E-state index contributed by atoms with van der Waals surface area (Å²) in [6.45, 7) is 8.11. The van der Waals surface area contributed by atoms with Gasteiger partial charge in [-0.2, -0.15) is 12.6 Å². The fourth-order valence-electron chi connectivity index (χ4n) is 2.42. The van der Waals surface area contributed by atoms with Crippen molar-refractivity contribution in [2.45, 2.75) is 38.9 Å². The van der Waals surface area contributed by atoms with Crippen molar-refractivity contribution in [1.82, 2.24) is 4.90 Å². The van der Waals surface area contributed by atoms with Gasteiger partial charge in [-0.3, -0.25) is 4.79 Å². The zero-order valence-electron chi connectivity index (χ0n) is 15.3. The Morgan fingerprint density at radius 3 is 2.29 bits per heavy atom. The van der Waals surface area contributed by atoms with E-state index in [4.69, 9.17) is 9.31 Å². The highest BCUT2D eigenvalue weighted by Crippen LogP contribution is 2.39. The average Bonchev–Trinajstić information content (AvgIpc) is 2.72. The number of hydrogen-bond acceptors (Lipinski definition) is 4. The Morgan fingerprint density at radius 2 is 1.79 bits per heavy atom. The second-order valence-corrected chi connectivity index (χ2v) is 7.61. The number of amides is 1.